The van der Waals surface area contributed by atoms with Crippen molar-refractivity contribution in [2.24, 2.45) is 0 Å². The Hall–Kier alpha value is -2.20. The first-order chi connectivity index (χ1) is 9.65. The average Bonchev–Trinajstić information content (AvgIpc) is 2.89. The van der Waals surface area contributed by atoms with E-state index >= 15 is 0 Å². The molecule has 1 heterocycles. The summed E-state index contributed by atoms with van der Waals surface area (Å²) >= 11 is 1.38. The number of para-hydroxylation sites is 1. The molecule has 2 nitrogen and oxygen atoms in total. The Bertz CT molecular complexity index is 767. The van der Waals surface area contributed by atoms with Crippen molar-refractivity contribution in [1.29, 1.82) is 0 Å². The zero-order valence-corrected chi connectivity index (χ0v) is 11.7. The van der Waals surface area contributed by atoms with Gasteiger partial charge in [0.2, 0.25) is 0 Å². The molecule has 0 saturated carbocycles. The molecule has 0 unspecified atom stereocenters. The summed E-state index contributed by atoms with van der Waals surface area (Å²) in [6.45, 7) is 0. The van der Waals surface area contributed by atoms with E-state index in [-0.39, 0.29) is 11.7 Å². The van der Waals surface area contributed by atoms with E-state index in [4.69, 9.17) is 0 Å². The summed E-state index contributed by atoms with van der Waals surface area (Å²) in [6.07, 6.45) is 0. The number of hydrogen-bond donors (Lipinski definition) is 0. The third kappa shape index (κ3) is 2.30. The number of rotatable bonds is 2. The third-order valence-corrected chi connectivity index (χ3v) is 4.24. The van der Waals surface area contributed by atoms with Crippen molar-refractivity contribution >= 4 is 33.0 Å². The lowest BCUT2D eigenvalue weighted by molar-refractivity contribution is 0.0997. The normalized spacial score (nSPS) is 10.7. The molecule has 4 heteroatoms. The van der Waals surface area contributed by atoms with E-state index in [0.717, 1.165) is 15.8 Å². The molecule has 2 aromatic carbocycles. The van der Waals surface area contributed by atoms with Gasteiger partial charge >= 0.3 is 0 Å². The number of nitrogens with zero attached hydrogens (tertiary/aromatic N) is 1. The maximum Gasteiger partial charge on any atom is 0.268 e. The predicted molar refractivity (Wildman–Crippen MR) is 81.0 cm³/mol. The molecule has 100 valence electrons. The van der Waals surface area contributed by atoms with Crippen molar-refractivity contribution < 1.29 is 9.18 Å². The molecular formula is C16H12FNOS. The zero-order valence-electron chi connectivity index (χ0n) is 10.8. The van der Waals surface area contributed by atoms with Gasteiger partial charge in [-0.25, -0.2) is 4.39 Å². The SMILES string of the molecule is CN(C(=O)c1cc2cc(F)ccc2s1)c1ccccc1. The van der Waals surface area contributed by atoms with Crippen LogP contribution in [0.25, 0.3) is 10.1 Å². The Morgan fingerprint density at radius 1 is 1.10 bits per heavy atom. The van der Waals surface area contributed by atoms with E-state index in [1.54, 1.807) is 24.1 Å². The van der Waals surface area contributed by atoms with Crippen LogP contribution in [0.3, 0.4) is 0 Å². The van der Waals surface area contributed by atoms with Crippen molar-refractivity contribution in [3.05, 3.63) is 65.3 Å². The average molecular weight is 285 g/mol. The predicted octanol–water partition coefficient (Wildman–Crippen LogP) is 4.32. The molecule has 3 rings (SSSR count). The van der Waals surface area contributed by atoms with Crippen LogP contribution < -0.4 is 4.90 Å². The van der Waals surface area contributed by atoms with E-state index in [0.29, 0.717) is 4.88 Å². The van der Waals surface area contributed by atoms with Crippen LogP contribution in [0.5, 0.6) is 0 Å². The maximum absolute atomic E-state index is 13.2. The van der Waals surface area contributed by atoms with Gasteiger partial charge in [-0.1, -0.05) is 18.2 Å². The highest BCUT2D eigenvalue weighted by molar-refractivity contribution is 7.20. The van der Waals surface area contributed by atoms with Crippen LogP contribution in [-0.4, -0.2) is 13.0 Å². The first kappa shape index (κ1) is 12.8. The molecule has 0 N–H and O–H groups in total. The van der Waals surface area contributed by atoms with Gasteiger partial charge in [0.25, 0.3) is 5.91 Å². The first-order valence-electron chi connectivity index (χ1n) is 6.17. The lowest BCUT2D eigenvalue weighted by Crippen LogP contribution is -2.25. The number of fused-ring (bicyclic) bond motifs is 1. The summed E-state index contributed by atoms with van der Waals surface area (Å²) in [5.74, 6) is -0.372. The second-order valence-corrected chi connectivity index (χ2v) is 5.58. The van der Waals surface area contributed by atoms with Gasteiger partial charge in [-0.2, -0.15) is 0 Å². The van der Waals surface area contributed by atoms with Gasteiger partial charge in [-0.05, 0) is 41.8 Å². The van der Waals surface area contributed by atoms with Crippen LogP contribution in [0.1, 0.15) is 9.67 Å². The van der Waals surface area contributed by atoms with Crippen LogP contribution in [0.15, 0.2) is 54.6 Å². The molecule has 0 atom stereocenters. The molecule has 1 aromatic heterocycles. The zero-order chi connectivity index (χ0) is 14.1. The van der Waals surface area contributed by atoms with E-state index in [1.807, 2.05) is 30.3 Å². The number of benzene rings is 2. The molecular weight excluding hydrogens is 273 g/mol. The molecule has 0 saturated heterocycles. The molecule has 0 aliphatic rings. The standard InChI is InChI=1S/C16H12FNOS/c1-18(13-5-3-2-4-6-13)16(19)15-10-11-9-12(17)7-8-14(11)20-15/h2-10H,1H3. The Morgan fingerprint density at radius 2 is 1.85 bits per heavy atom. The monoisotopic (exact) mass is 285 g/mol. The number of halogens is 1. The van der Waals surface area contributed by atoms with Crippen molar-refractivity contribution in [3.63, 3.8) is 0 Å². The highest BCUT2D eigenvalue weighted by atomic mass is 32.1. The van der Waals surface area contributed by atoms with Crippen LogP contribution in [0.2, 0.25) is 0 Å². The van der Waals surface area contributed by atoms with Crippen molar-refractivity contribution in [1.82, 2.24) is 0 Å². The molecule has 3 aromatic rings. The lowest BCUT2D eigenvalue weighted by atomic mass is 10.2. The molecule has 0 fully saturated rings. The highest BCUT2D eigenvalue weighted by Crippen LogP contribution is 2.28. The largest absolute Gasteiger partial charge is 0.311 e. The smallest absolute Gasteiger partial charge is 0.268 e. The third-order valence-electron chi connectivity index (χ3n) is 3.14. The van der Waals surface area contributed by atoms with Crippen molar-refractivity contribution in [3.8, 4) is 0 Å². The van der Waals surface area contributed by atoms with Gasteiger partial charge < -0.3 is 4.90 Å². The van der Waals surface area contributed by atoms with Gasteiger partial charge in [0.05, 0.1) is 4.88 Å². The van der Waals surface area contributed by atoms with Gasteiger partial charge in [0.15, 0.2) is 0 Å². The molecule has 0 aliphatic carbocycles. The molecule has 0 aliphatic heterocycles. The Labute approximate surface area is 120 Å². The van der Waals surface area contributed by atoms with Crippen LogP contribution >= 0.6 is 11.3 Å². The number of hydrogen-bond acceptors (Lipinski definition) is 2. The number of thiophene rings is 1. The fourth-order valence-corrected chi connectivity index (χ4v) is 3.07. The molecule has 0 bridgehead atoms. The van der Waals surface area contributed by atoms with Gasteiger partial charge in [-0.3, -0.25) is 4.79 Å². The van der Waals surface area contributed by atoms with Crippen LogP contribution in [-0.2, 0) is 0 Å². The summed E-state index contributed by atoms with van der Waals surface area (Å²) in [5.41, 5.74) is 0.834. The summed E-state index contributed by atoms with van der Waals surface area (Å²) in [4.78, 5) is 14.6. The quantitative estimate of drug-likeness (QED) is 0.686. The Balaban J connectivity index is 1.96. The molecule has 20 heavy (non-hydrogen) atoms. The fraction of sp³-hybridized carbons (Fsp3) is 0.0625. The Morgan fingerprint density at radius 3 is 2.60 bits per heavy atom. The van der Waals surface area contributed by atoms with Gasteiger partial charge in [0.1, 0.15) is 5.82 Å². The van der Waals surface area contributed by atoms with E-state index in [1.165, 1.54) is 23.5 Å². The van der Waals surface area contributed by atoms with Gasteiger partial charge in [0, 0.05) is 17.4 Å². The maximum atomic E-state index is 13.2. The van der Waals surface area contributed by atoms with E-state index in [2.05, 4.69) is 0 Å². The minimum atomic E-state index is -0.286. The number of carbonyl (C=O) groups excluding carboxylic acids is 1. The second-order valence-electron chi connectivity index (χ2n) is 4.49. The fourth-order valence-electron chi connectivity index (χ4n) is 2.05. The summed E-state index contributed by atoms with van der Waals surface area (Å²) in [7, 11) is 1.74. The van der Waals surface area contributed by atoms with Crippen molar-refractivity contribution in [2.45, 2.75) is 0 Å². The lowest BCUT2D eigenvalue weighted by Gasteiger charge is -2.15. The molecule has 0 radical (unpaired) electrons. The Kier molecular flexibility index (Phi) is 3.24. The first-order valence-corrected chi connectivity index (χ1v) is 6.99. The highest BCUT2D eigenvalue weighted by Gasteiger charge is 2.16. The van der Waals surface area contributed by atoms with Crippen molar-refractivity contribution in [2.75, 3.05) is 11.9 Å². The minimum Gasteiger partial charge on any atom is -0.311 e. The number of amides is 1. The number of anilines is 1. The number of carbonyl (C=O) groups is 1. The summed E-state index contributed by atoms with van der Waals surface area (Å²) < 4.78 is 14.1. The van der Waals surface area contributed by atoms with Gasteiger partial charge in [-0.15, -0.1) is 11.3 Å². The second kappa shape index (κ2) is 5.06. The minimum absolute atomic E-state index is 0.0854. The van der Waals surface area contributed by atoms with Crippen LogP contribution in [0.4, 0.5) is 10.1 Å². The van der Waals surface area contributed by atoms with E-state index < -0.39 is 0 Å². The molecule has 0 spiro atoms. The summed E-state index contributed by atoms with van der Waals surface area (Å²) in [6, 6.07) is 15.7. The summed E-state index contributed by atoms with van der Waals surface area (Å²) in [5, 5.41) is 0.764. The van der Waals surface area contributed by atoms with E-state index in [9.17, 15) is 9.18 Å². The molecule has 1 amide bonds. The topological polar surface area (TPSA) is 20.3 Å². The van der Waals surface area contributed by atoms with Crippen LogP contribution in [0, 0.1) is 5.82 Å².